The molecule has 0 aromatic carbocycles. The second-order valence-corrected chi connectivity index (χ2v) is 10.2. The molecule has 1 N–H and O–H groups in total. The fraction of sp³-hybridized carbons (Fsp3) is 0.789. The first-order valence-corrected chi connectivity index (χ1v) is 11.3. The molecular formula is C19H39N2O7S+. The maximum absolute atomic E-state index is 10.8. The van der Waals surface area contributed by atoms with Crippen molar-refractivity contribution in [2.45, 2.75) is 32.1 Å². The third-order valence-electron chi connectivity index (χ3n) is 3.84. The van der Waals surface area contributed by atoms with E-state index in [4.69, 9.17) is 9.29 Å². The first kappa shape index (κ1) is 29.7. The number of aliphatic carboxylic acids is 1. The normalized spacial score (nSPS) is 11.9. The van der Waals surface area contributed by atoms with E-state index in [0.717, 1.165) is 49.3 Å². The highest BCUT2D eigenvalue weighted by molar-refractivity contribution is 7.85. The topological polar surface area (TPSA) is 121 Å². The summed E-state index contributed by atoms with van der Waals surface area (Å²) in [5, 5.41) is 9.89. The predicted octanol–water partition coefficient (Wildman–Crippen LogP) is 0.0728. The Balaban J connectivity index is 0. The van der Waals surface area contributed by atoms with Gasteiger partial charge in [0.15, 0.2) is 0 Å². The molecule has 172 valence electrons. The Morgan fingerprint density at radius 1 is 1.00 bits per heavy atom. The molecule has 0 aromatic rings. The molecule has 0 radical (unpaired) electrons. The van der Waals surface area contributed by atoms with Crippen molar-refractivity contribution < 1.29 is 41.4 Å². The Hall–Kier alpha value is -1.49. The molecule has 0 atom stereocenters. The number of ether oxygens (including phenoxy) is 1. The summed E-state index contributed by atoms with van der Waals surface area (Å²) < 4.78 is 36.0. The summed E-state index contributed by atoms with van der Waals surface area (Å²) in [5.74, 6) is -1.56. The lowest BCUT2D eigenvalue weighted by molar-refractivity contribution is -0.890. The van der Waals surface area contributed by atoms with Crippen molar-refractivity contribution in [3.8, 4) is 0 Å². The van der Waals surface area contributed by atoms with Gasteiger partial charge in [-0.25, -0.2) is 4.79 Å². The lowest BCUT2D eigenvalue weighted by Crippen LogP contribution is -2.45. The van der Waals surface area contributed by atoms with E-state index in [1.807, 2.05) is 0 Å². The smallest absolute Gasteiger partial charge is 0.330 e. The quantitative estimate of drug-likeness (QED) is 0.134. The van der Waals surface area contributed by atoms with E-state index < -0.39 is 16.1 Å². The second kappa shape index (κ2) is 14.5. The Kier molecular flexibility index (Phi) is 14.8. The molecule has 0 amide bonds. The highest BCUT2D eigenvalue weighted by Crippen LogP contribution is 2.07. The number of hydrogen-bond donors (Lipinski definition) is 1. The Morgan fingerprint density at radius 2 is 1.52 bits per heavy atom. The van der Waals surface area contributed by atoms with Crippen LogP contribution in [0.15, 0.2) is 12.7 Å². The summed E-state index contributed by atoms with van der Waals surface area (Å²) in [6, 6.07) is 0. The molecule has 0 bridgehead atoms. The van der Waals surface area contributed by atoms with E-state index in [1.54, 1.807) is 21.1 Å². The van der Waals surface area contributed by atoms with Crippen LogP contribution < -0.4 is 5.11 Å². The van der Waals surface area contributed by atoms with Crippen LogP contribution in [-0.2, 0) is 24.4 Å². The van der Waals surface area contributed by atoms with Gasteiger partial charge in [0.05, 0.1) is 66.7 Å². The van der Waals surface area contributed by atoms with Gasteiger partial charge in [-0.1, -0.05) is 6.58 Å². The summed E-state index contributed by atoms with van der Waals surface area (Å²) in [4.78, 5) is 20.7. The van der Waals surface area contributed by atoms with Gasteiger partial charge in [0.2, 0.25) is 0 Å². The first-order valence-electron chi connectivity index (χ1n) is 9.64. The molecule has 0 aliphatic heterocycles. The van der Waals surface area contributed by atoms with Crippen molar-refractivity contribution in [3.63, 3.8) is 0 Å². The lowest BCUT2D eigenvalue weighted by Gasteiger charge is -2.29. The third kappa shape index (κ3) is 26.5. The minimum atomic E-state index is -3.85. The summed E-state index contributed by atoms with van der Waals surface area (Å²) in [5.41, 5.74) is 0. The molecule has 0 unspecified atom stereocenters. The van der Waals surface area contributed by atoms with Crippen LogP contribution in [0.4, 0.5) is 0 Å². The molecule has 10 heteroatoms. The molecule has 0 fully saturated rings. The van der Waals surface area contributed by atoms with Crippen LogP contribution in [-0.4, -0.2) is 101 Å². The van der Waals surface area contributed by atoms with Gasteiger partial charge in [-0.3, -0.25) is 4.55 Å². The molecule has 9 nitrogen and oxygen atoms in total. The van der Waals surface area contributed by atoms with Gasteiger partial charge in [-0.15, -0.1) is 0 Å². The van der Waals surface area contributed by atoms with E-state index in [0.29, 0.717) is 17.5 Å². The van der Waals surface area contributed by atoms with Crippen molar-refractivity contribution in [2.75, 3.05) is 67.2 Å². The van der Waals surface area contributed by atoms with E-state index in [-0.39, 0.29) is 18.3 Å². The lowest BCUT2D eigenvalue weighted by atomic mass is 10.2. The molecule has 0 rings (SSSR count). The Morgan fingerprint density at radius 3 is 1.93 bits per heavy atom. The van der Waals surface area contributed by atoms with E-state index in [2.05, 4.69) is 20.7 Å². The van der Waals surface area contributed by atoms with Crippen LogP contribution in [0.25, 0.3) is 0 Å². The number of likely N-dealkylation sites (N-methyl/N-ethyl adjacent to an activating group) is 1. The van der Waals surface area contributed by atoms with Crippen LogP contribution >= 0.6 is 0 Å². The van der Waals surface area contributed by atoms with Crippen molar-refractivity contribution in [2.24, 2.45) is 0 Å². The van der Waals surface area contributed by atoms with Gasteiger partial charge in [0.1, 0.15) is 6.54 Å². The van der Waals surface area contributed by atoms with Crippen LogP contribution in [0.3, 0.4) is 0 Å². The Labute approximate surface area is 175 Å². The summed E-state index contributed by atoms with van der Waals surface area (Å²) in [7, 11) is 5.66. The number of carboxylic acids is 1. The van der Waals surface area contributed by atoms with Gasteiger partial charge in [0.25, 0.3) is 10.1 Å². The molecule has 0 saturated heterocycles. The number of quaternary nitrogens is 2. The molecule has 0 aromatic heterocycles. The van der Waals surface area contributed by atoms with Crippen LogP contribution in [0.2, 0.25) is 0 Å². The van der Waals surface area contributed by atoms with Gasteiger partial charge in [-0.05, 0) is 25.7 Å². The van der Waals surface area contributed by atoms with Gasteiger partial charge in [-0.2, -0.15) is 8.42 Å². The molecule has 0 heterocycles. The molecule has 0 aliphatic rings. The monoisotopic (exact) mass is 439 g/mol. The van der Waals surface area contributed by atoms with E-state index >= 15 is 0 Å². The molecule has 0 spiro atoms. The average molecular weight is 440 g/mol. The summed E-state index contributed by atoms with van der Waals surface area (Å²) >= 11 is 0. The zero-order valence-electron chi connectivity index (χ0n) is 18.6. The molecular weight excluding hydrogens is 400 g/mol. The third-order valence-corrected chi connectivity index (χ3v) is 4.64. The summed E-state index contributed by atoms with van der Waals surface area (Å²) in [6.07, 6.45) is 5.54. The van der Waals surface area contributed by atoms with Gasteiger partial charge >= 0.3 is 5.97 Å². The highest BCUT2D eigenvalue weighted by atomic mass is 32.2. The first-order chi connectivity index (χ1) is 13.1. The molecule has 0 aliphatic carbocycles. The number of unbranched alkanes of at least 4 members (excludes halogenated alkanes) is 3. The minimum absolute atomic E-state index is 0.0694. The SMILES string of the molecule is C=CC(=O)OCCCCCC[N+](C)(C)CCCS(=O)(=O)O.C[N+](C)(C)CC(=O)[O-]. The number of hydrogen-bond acceptors (Lipinski definition) is 6. The standard InChI is InChI=1S/C14H27NO5S.C5H11NO2/c1-4-14(16)20-12-8-6-5-7-10-15(2,3)11-9-13-21(17,18)19;1-6(2,3)4-5(7)8/h4H,1,5-13H2,2-3H3;4H2,1-3H3/p+1. The van der Waals surface area contributed by atoms with E-state index in [1.165, 1.54) is 0 Å². The number of rotatable bonds is 14. The van der Waals surface area contributed by atoms with Crippen LogP contribution in [0.5, 0.6) is 0 Å². The van der Waals surface area contributed by atoms with Crippen molar-refractivity contribution >= 4 is 22.1 Å². The van der Waals surface area contributed by atoms with Gasteiger partial charge in [0, 0.05) is 12.5 Å². The fourth-order valence-corrected chi connectivity index (χ4v) is 2.90. The fourth-order valence-electron chi connectivity index (χ4n) is 2.40. The zero-order chi connectivity index (χ0) is 23.1. The van der Waals surface area contributed by atoms with Crippen molar-refractivity contribution in [3.05, 3.63) is 12.7 Å². The number of carboxylic acid groups (broad SMARTS) is 1. The average Bonchev–Trinajstić information content (AvgIpc) is 2.50. The van der Waals surface area contributed by atoms with Crippen molar-refractivity contribution in [1.82, 2.24) is 0 Å². The molecule has 0 saturated carbocycles. The maximum Gasteiger partial charge on any atom is 0.330 e. The van der Waals surface area contributed by atoms with Gasteiger partial charge < -0.3 is 23.6 Å². The predicted molar refractivity (Wildman–Crippen MR) is 110 cm³/mol. The minimum Gasteiger partial charge on any atom is -0.544 e. The van der Waals surface area contributed by atoms with E-state index in [9.17, 15) is 23.1 Å². The number of nitrogens with zero attached hydrogens (tertiary/aromatic N) is 2. The van der Waals surface area contributed by atoms with Crippen LogP contribution in [0, 0.1) is 0 Å². The maximum atomic E-state index is 10.8. The molecule has 29 heavy (non-hydrogen) atoms. The highest BCUT2D eigenvalue weighted by Gasteiger charge is 2.16. The second-order valence-electron chi connectivity index (χ2n) is 8.63. The zero-order valence-corrected chi connectivity index (χ0v) is 19.4. The van der Waals surface area contributed by atoms with Crippen LogP contribution in [0.1, 0.15) is 32.1 Å². The number of carbonyl (C=O) groups excluding carboxylic acids is 2. The Bertz CT molecular complexity index is 596. The largest absolute Gasteiger partial charge is 0.544 e. The number of carbonyl (C=O) groups is 2. The number of esters is 1. The summed E-state index contributed by atoms with van der Waals surface area (Å²) in [6.45, 7) is 5.50. The van der Waals surface area contributed by atoms with Crippen molar-refractivity contribution in [1.29, 1.82) is 0 Å².